The van der Waals surface area contributed by atoms with Crippen LogP contribution in [0.25, 0.3) is 11.5 Å². The lowest BCUT2D eigenvalue weighted by molar-refractivity contribution is -0.384. The molecule has 9 nitrogen and oxygen atoms in total. The Labute approximate surface area is 173 Å². The standard InChI is InChI=1S/C20H20N4O5S/c1-14-2-4-15(5-3-14)19-21-22-20(29-19)16-10-12-23(13-11-16)30(27,28)18-8-6-17(7-9-18)24(25)26/h2-9,16H,10-13H2,1H3. The Morgan fingerprint density at radius 1 is 1.03 bits per heavy atom. The van der Waals surface area contributed by atoms with Crippen molar-refractivity contribution in [3.8, 4) is 11.5 Å². The van der Waals surface area contributed by atoms with E-state index >= 15 is 0 Å². The van der Waals surface area contributed by atoms with Gasteiger partial charge in [-0.05, 0) is 44.0 Å². The number of nitro benzene ring substituents is 1. The molecule has 0 N–H and O–H groups in total. The SMILES string of the molecule is Cc1ccc(-c2nnc(C3CCN(S(=O)(=O)c4ccc([N+](=O)[O-])cc4)CC3)o2)cc1. The first-order valence-electron chi connectivity index (χ1n) is 9.49. The average Bonchev–Trinajstić information content (AvgIpc) is 3.25. The highest BCUT2D eigenvalue weighted by molar-refractivity contribution is 7.89. The van der Waals surface area contributed by atoms with Gasteiger partial charge in [0.15, 0.2) is 0 Å². The van der Waals surface area contributed by atoms with Crippen LogP contribution in [0.5, 0.6) is 0 Å². The summed E-state index contributed by atoms with van der Waals surface area (Å²) in [4.78, 5) is 10.3. The lowest BCUT2D eigenvalue weighted by Gasteiger charge is -2.29. The van der Waals surface area contributed by atoms with Crippen molar-refractivity contribution in [2.24, 2.45) is 0 Å². The van der Waals surface area contributed by atoms with E-state index in [2.05, 4.69) is 10.2 Å². The summed E-state index contributed by atoms with van der Waals surface area (Å²) in [7, 11) is -3.71. The van der Waals surface area contributed by atoms with Crippen LogP contribution in [0.2, 0.25) is 0 Å². The summed E-state index contributed by atoms with van der Waals surface area (Å²) in [5, 5.41) is 19.1. The summed E-state index contributed by atoms with van der Waals surface area (Å²) in [5.74, 6) is 0.948. The second kappa shape index (κ2) is 7.96. The molecular formula is C20H20N4O5S. The monoisotopic (exact) mass is 428 g/mol. The summed E-state index contributed by atoms with van der Waals surface area (Å²) >= 11 is 0. The summed E-state index contributed by atoms with van der Waals surface area (Å²) in [6.07, 6.45) is 1.11. The Kier molecular flexibility index (Phi) is 5.35. The van der Waals surface area contributed by atoms with Crippen molar-refractivity contribution in [2.75, 3.05) is 13.1 Å². The largest absolute Gasteiger partial charge is 0.420 e. The molecule has 1 aliphatic heterocycles. The van der Waals surface area contributed by atoms with Crippen molar-refractivity contribution in [3.05, 3.63) is 70.1 Å². The van der Waals surface area contributed by atoms with Crippen LogP contribution in [-0.2, 0) is 10.0 Å². The minimum atomic E-state index is -3.71. The van der Waals surface area contributed by atoms with Crippen LogP contribution in [0.4, 0.5) is 5.69 Å². The van der Waals surface area contributed by atoms with Crippen LogP contribution in [0.15, 0.2) is 57.8 Å². The fourth-order valence-corrected chi connectivity index (χ4v) is 4.91. The summed E-state index contributed by atoms with van der Waals surface area (Å²) in [6.45, 7) is 2.63. The molecule has 0 spiro atoms. The molecule has 1 aromatic heterocycles. The molecule has 0 unspecified atom stereocenters. The van der Waals surface area contributed by atoms with Crippen molar-refractivity contribution in [2.45, 2.75) is 30.6 Å². The van der Waals surface area contributed by atoms with Gasteiger partial charge in [0.2, 0.25) is 21.8 Å². The zero-order valence-electron chi connectivity index (χ0n) is 16.3. The van der Waals surface area contributed by atoms with E-state index in [1.165, 1.54) is 28.6 Å². The number of nitro groups is 1. The van der Waals surface area contributed by atoms with E-state index < -0.39 is 14.9 Å². The molecule has 156 valence electrons. The molecule has 0 atom stereocenters. The van der Waals surface area contributed by atoms with E-state index in [1.807, 2.05) is 31.2 Å². The van der Waals surface area contributed by atoms with E-state index in [4.69, 9.17) is 4.42 Å². The molecule has 1 saturated heterocycles. The summed E-state index contributed by atoms with van der Waals surface area (Å²) in [6, 6.07) is 12.7. The number of hydrogen-bond donors (Lipinski definition) is 0. The zero-order valence-corrected chi connectivity index (χ0v) is 17.1. The van der Waals surface area contributed by atoms with Gasteiger partial charge in [0.25, 0.3) is 5.69 Å². The van der Waals surface area contributed by atoms with Crippen LogP contribution in [0.3, 0.4) is 0 Å². The molecule has 0 saturated carbocycles. The Hall–Kier alpha value is -3.11. The van der Waals surface area contributed by atoms with Gasteiger partial charge in [0.05, 0.1) is 9.82 Å². The van der Waals surface area contributed by atoms with Gasteiger partial charge in [-0.2, -0.15) is 4.31 Å². The van der Waals surface area contributed by atoms with Crippen LogP contribution < -0.4 is 0 Å². The Morgan fingerprint density at radius 3 is 2.27 bits per heavy atom. The molecule has 1 aliphatic rings. The highest BCUT2D eigenvalue weighted by atomic mass is 32.2. The highest BCUT2D eigenvalue weighted by Gasteiger charge is 2.32. The molecule has 0 radical (unpaired) electrons. The normalized spacial score (nSPS) is 15.9. The molecule has 0 bridgehead atoms. The van der Waals surface area contributed by atoms with Crippen molar-refractivity contribution in [1.82, 2.24) is 14.5 Å². The fourth-order valence-electron chi connectivity index (χ4n) is 3.44. The Balaban J connectivity index is 1.43. The van der Waals surface area contributed by atoms with Crippen LogP contribution >= 0.6 is 0 Å². The number of benzene rings is 2. The summed E-state index contributed by atoms with van der Waals surface area (Å²) < 4.78 is 32.9. The molecule has 2 heterocycles. The summed E-state index contributed by atoms with van der Waals surface area (Å²) in [5.41, 5.74) is 1.84. The third-order valence-electron chi connectivity index (χ3n) is 5.23. The van der Waals surface area contributed by atoms with Gasteiger partial charge < -0.3 is 4.42 Å². The van der Waals surface area contributed by atoms with Gasteiger partial charge in [-0.25, -0.2) is 8.42 Å². The van der Waals surface area contributed by atoms with E-state index in [1.54, 1.807) is 0 Å². The number of piperidine rings is 1. The second-order valence-corrected chi connectivity index (χ2v) is 9.18. The van der Waals surface area contributed by atoms with Gasteiger partial charge in [-0.1, -0.05) is 17.7 Å². The number of non-ortho nitro benzene ring substituents is 1. The van der Waals surface area contributed by atoms with Crippen molar-refractivity contribution < 1.29 is 17.8 Å². The Morgan fingerprint density at radius 2 is 1.67 bits per heavy atom. The molecule has 1 fully saturated rings. The maximum atomic E-state index is 12.8. The maximum absolute atomic E-state index is 12.8. The highest BCUT2D eigenvalue weighted by Crippen LogP contribution is 2.32. The molecule has 2 aromatic carbocycles. The predicted octanol–water partition coefficient (Wildman–Crippen LogP) is 3.52. The van der Waals surface area contributed by atoms with Crippen LogP contribution in [0, 0.1) is 17.0 Å². The molecule has 10 heteroatoms. The zero-order chi connectivity index (χ0) is 21.3. The quantitative estimate of drug-likeness (QED) is 0.450. The molecular weight excluding hydrogens is 408 g/mol. The minimum Gasteiger partial charge on any atom is -0.420 e. The molecule has 0 aliphatic carbocycles. The number of sulfonamides is 1. The van der Waals surface area contributed by atoms with Gasteiger partial charge >= 0.3 is 0 Å². The topological polar surface area (TPSA) is 119 Å². The third-order valence-corrected chi connectivity index (χ3v) is 7.14. The smallest absolute Gasteiger partial charge is 0.269 e. The lowest BCUT2D eigenvalue weighted by Crippen LogP contribution is -2.37. The lowest BCUT2D eigenvalue weighted by atomic mass is 9.98. The number of aryl methyl sites for hydroxylation is 1. The first-order valence-corrected chi connectivity index (χ1v) is 10.9. The van der Waals surface area contributed by atoms with Gasteiger partial charge in [-0.15, -0.1) is 10.2 Å². The van der Waals surface area contributed by atoms with Crippen LogP contribution in [0.1, 0.15) is 30.2 Å². The van der Waals surface area contributed by atoms with Crippen molar-refractivity contribution >= 4 is 15.7 Å². The van der Waals surface area contributed by atoms with Gasteiger partial charge in [-0.3, -0.25) is 10.1 Å². The van der Waals surface area contributed by atoms with E-state index in [9.17, 15) is 18.5 Å². The fraction of sp³-hybridized carbons (Fsp3) is 0.300. The minimum absolute atomic E-state index is 0.0139. The predicted molar refractivity (Wildman–Crippen MR) is 108 cm³/mol. The van der Waals surface area contributed by atoms with Crippen molar-refractivity contribution in [3.63, 3.8) is 0 Å². The first-order chi connectivity index (χ1) is 14.3. The number of hydrogen-bond acceptors (Lipinski definition) is 7. The second-order valence-electron chi connectivity index (χ2n) is 7.24. The average molecular weight is 428 g/mol. The van der Waals surface area contributed by atoms with Gasteiger partial charge in [0, 0.05) is 36.7 Å². The van der Waals surface area contributed by atoms with E-state index in [0.717, 1.165) is 11.1 Å². The Bertz CT molecular complexity index is 1150. The van der Waals surface area contributed by atoms with Gasteiger partial charge in [0.1, 0.15) is 0 Å². The molecule has 4 rings (SSSR count). The number of nitrogens with zero attached hydrogens (tertiary/aromatic N) is 4. The van der Waals surface area contributed by atoms with Crippen LogP contribution in [-0.4, -0.2) is 40.9 Å². The molecule has 3 aromatic rings. The maximum Gasteiger partial charge on any atom is 0.269 e. The van der Waals surface area contributed by atoms with E-state index in [-0.39, 0.29) is 16.5 Å². The number of rotatable bonds is 5. The number of aromatic nitrogens is 2. The first kappa shape index (κ1) is 20.2. The molecule has 0 amide bonds. The van der Waals surface area contributed by atoms with E-state index in [0.29, 0.717) is 37.7 Å². The molecule has 30 heavy (non-hydrogen) atoms. The third kappa shape index (κ3) is 3.96. The van der Waals surface area contributed by atoms with Crippen molar-refractivity contribution in [1.29, 1.82) is 0 Å².